The Morgan fingerprint density at radius 1 is 1.39 bits per heavy atom. The van der Waals surface area contributed by atoms with Crippen LogP contribution in [-0.4, -0.2) is 65.9 Å². The fraction of sp³-hybridized carbons (Fsp3) is 0.688. The zero-order chi connectivity index (χ0) is 23.6. The summed E-state index contributed by atoms with van der Waals surface area (Å²) in [6.45, 7) is 5.27. The van der Waals surface area contributed by atoms with E-state index >= 15 is 4.39 Å². The molecule has 2 heterocycles. The minimum Gasteiger partial charge on any atom is -0.462 e. The lowest BCUT2D eigenvalue weighted by Gasteiger charge is -2.32. The summed E-state index contributed by atoms with van der Waals surface area (Å²) in [5.74, 6) is -4.04. The van der Waals surface area contributed by atoms with Crippen LogP contribution >= 0.6 is 7.75 Å². The first-order valence-corrected chi connectivity index (χ1v) is 10.8. The number of esters is 1. The van der Waals surface area contributed by atoms with E-state index in [2.05, 4.69) is 0 Å². The summed E-state index contributed by atoms with van der Waals surface area (Å²) >= 11 is 0. The molecule has 1 saturated heterocycles. The van der Waals surface area contributed by atoms with Crippen LogP contribution in [0.3, 0.4) is 0 Å². The number of aromatic amines is 1. The van der Waals surface area contributed by atoms with Gasteiger partial charge in [-0.1, -0.05) is 0 Å². The molecular formula is C16H23FN3O10P. The average molecular weight is 467 g/mol. The van der Waals surface area contributed by atoms with E-state index in [-0.39, 0.29) is 0 Å². The maximum atomic E-state index is 15.3. The van der Waals surface area contributed by atoms with Gasteiger partial charge in [-0.3, -0.25) is 23.7 Å². The second kappa shape index (κ2) is 7.30. The van der Waals surface area contributed by atoms with Crippen LogP contribution in [0, 0.1) is 0 Å². The number of aromatic nitrogens is 2. The van der Waals surface area contributed by atoms with Crippen LogP contribution in [0.5, 0.6) is 0 Å². The van der Waals surface area contributed by atoms with Crippen molar-refractivity contribution in [2.45, 2.75) is 69.2 Å². The van der Waals surface area contributed by atoms with Gasteiger partial charge in [0.05, 0.1) is 6.10 Å². The van der Waals surface area contributed by atoms with Gasteiger partial charge in [0.15, 0.2) is 17.9 Å². The van der Waals surface area contributed by atoms with Gasteiger partial charge in [-0.15, -0.1) is 0 Å². The number of carbonyl (C=O) groups excluding carboxylic acids is 1. The zero-order valence-corrected chi connectivity index (χ0v) is 17.8. The lowest BCUT2D eigenvalue weighted by molar-refractivity contribution is -0.180. The van der Waals surface area contributed by atoms with Crippen LogP contribution in [0.2, 0.25) is 0 Å². The number of nitrogens with zero attached hydrogens (tertiary/aromatic N) is 1. The SMILES string of the molecule is CC(C)OC(=O)[C@H](C)NP(=O)(O)OC1[C@]2(O)[C@@](C)(O)[C@H](n3ccc(=O)[nH]c3=O)O[C@]12F. The normalized spacial score (nSPS) is 37.2. The Labute approximate surface area is 174 Å². The van der Waals surface area contributed by atoms with E-state index in [0.717, 1.165) is 19.2 Å². The predicted octanol–water partition coefficient (Wildman–Crippen LogP) is -1.36. The van der Waals surface area contributed by atoms with Gasteiger partial charge in [0.1, 0.15) is 11.6 Å². The molecule has 1 saturated carbocycles. The highest BCUT2D eigenvalue weighted by Crippen LogP contribution is 2.71. The molecule has 0 spiro atoms. The van der Waals surface area contributed by atoms with Crippen molar-refractivity contribution < 1.29 is 42.9 Å². The molecule has 2 unspecified atom stereocenters. The molecule has 174 valence electrons. The largest absolute Gasteiger partial charge is 0.462 e. The van der Waals surface area contributed by atoms with Gasteiger partial charge in [-0.05, 0) is 27.7 Å². The number of alkyl halides is 1. The molecule has 1 aliphatic heterocycles. The monoisotopic (exact) mass is 467 g/mol. The van der Waals surface area contributed by atoms with Crippen molar-refractivity contribution in [3.63, 3.8) is 0 Å². The van der Waals surface area contributed by atoms with E-state index in [1.165, 1.54) is 6.92 Å². The molecule has 3 rings (SSSR count). The highest BCUT2D eigenvalue weighted by molar-refractivity contribution is 7.50. The highest BCUT2D eigenvalue weighted by atomic mass is 31.2. The van der Waals surface area contributed by atoms with Crippen LogP contribution in [0.4, 0.5) is 4.39 Å². The minimum absolute atomic E-state index is 0.495. The van der Waals surface area contributed by atoms with Gasteiger partial charge < -0.3 is 24.6 Å². The Hall–Kier alpha value is -1.93. The number of nitrogens with one attached hydrogen (secondary N) is 2. The first kappa shape index (κ1) is 23.7. The second-order valence-corrected chi connectivity index (χ2v) is 9.40. The van der Waals surface area contributed by atoms with Crippen molar-refractivity contribution in [2.24, 2.45) is 0 Å². The molecule has 1 aliphatic carbocycles. The van der Waals surface area contributed by atoms with Crippen molar-refractivity contribution in [3.05, 3.63) is 33.1 Å². The van der Waals surface area contributed by atoms with Gasteiger partial charge in [0, 0.05) is 12.3 Å². The Morgan fingerprint density at radius 3 is 2.48 bits per heavy atom. The fourth-order valence-corrected chi connectivity index (χ4v) is 4.71. The molecule has 7 atom stereocenters. The third kappa shape index (κ3) is 3.67. The topological polar surface area (TPSA) is 189 Å². The number of hydrogen-bond acceptors (Lipinski definition) is 9. The van der Waals surface area contributed by atoms with E-state index in [1.54, 1.807) is 13.8 Å². The van der Waals surface area contributed by atoms with Gasteiger partial charge >= 0.3 is 19.4 Å². The number of fused-ring (bicyclic) bond motifs is 1. The van der Waals surface area contributed by atoms with Crippen LogP contribution in [0.15, 0.2) is 21.9 Å². The summed E-state index contributed by atoms with van der Waals surface area (Å²) in [7, 11) is -4.90. The molecule has 0 bridgehead atoms. The van der Waals surface area contributed by atoms with Gasteiger partial charge in [-0.2, -0.15) is 0 Å². The summed E-state index contributed by atoms with van der Waals surface area (Å²) in [5, 5.41) is 23.4. The lowest BCUT2D eigenvalue weighted by Crippen LogP contribution is -2.51. The fourth-order valence-electron chi connectivity index (χ4n) is 3.49. The summed E-state index contributed by atoms with van der Waals surface area (Å²) in [6, 6.07) is -0.409. The third-order valence-corrected chi connectivity index (χ3v) is 6.31. The number of rotatable bonds is 7. The number of hydrogen-bond donors (Lipinski definition) is 5. The van der Waals surface area contributed by atoms with E-state index in [0.29, 0.717) is 4.57 Å². The molecule has 31 heavy (non-hydrogen) atoms. The molecule has 15 heteroatoms. The number of ether oxygens (including phenoxy) is 2. The van der Waals surface area contributed by atoms with Crippen molar-refractivity contribution in [3.8, 4) is 0 Å². The summed E-state index contributed by atoms with van der Waals surface area (Å²) in [5.41, 5.74) is -7.18. The Morgan fingerprint density at radius 2 is 2.00 bits per heavy atom. The maximum Gasteiger partial charge on any atom is 0.404 e. The molecule has 0 radical (unpaired) electrons. The van der Waals surface area contributed by atoms with Gasteiger partial charge in [-0.25, -0.2) is 18.8 Å². The Kier molecular flexibility index (Phi) is 5.59. The van der Waals surface area contributed by atoms with E-state index in [1.807, 2.05) is 10.1 Å². The van der Waals surface area contributed by atoms with Crippen LogP contribution in [-0.2, 0) is 23.4 Å². The van der Waals surface area contributed by atoms with Crippen molar-refractivity contribution >= 4 is 13.7 Å². The van der Waals surface area contributed by atoms with Crippen LogP contribution in [0.1, 0.15) is 33.9 Å². The van der Waals surface area contributed by atoms with Gasteiger partial charge in [0.25, 0.3) is 11.4 Å². The Balaban J connectivity index is 1.78. The van der Waals surface area contributed by atoms with Gasteiger partial charge in [0.2, 0.25) is 0 Å². The van der Waals surface area contributed by atoms with Crippen molar-refractivity contribution in [1.82, 2.24) is 14.6 Å². The number of carbonyl (C=O) groups is 1. The number of aliphatic hydroxyl groups is 2. The molecule has 0 amide bonds. The molecule has 1 aromatic heterocycles. The molecule has 2 aliphatic rings. The molecule has 13 nitrogen and oxygen atoms in total. The lowest BCUT2D eigenvalue weighted by atomic mass is 9.95. The van der Waals surface area contributed by atoms with E-state index in [9.17, 15) is 34.1 Å². The number of H-pyrrole nitrogens is 1. The van der Waals surface area contributed by atoms with Crippen LogP contribution < -0.4 is 16.3 Å². The molecule has 2 fully saturated rings. The summed E-state index contributed by atoms with van der Waals surface area (Å²) in [4.78, 5) is 46.8. The molecular weight excluding hydrogens is 444 g/mol. The first-order valence-electron chi connectivity index (χ1n) is 9.19. The second-order valence-electron chi connectivity index (χ2n) is 7.89. The summed E-state index contributed by atoms with van der Waals surface area (Å²) < 4.78 is 42.9. The molecule has 5 N–H and O–H groups in total. The van der Waals surface area contributed by atoms with Crippen LogP contribution in [0.25, 0.3) is 0 Å². The van der Waals surface area contributed by atoms with E-state index < -0.39 is 66.5 Å². The quantitative estimate of drug-likeness (QED) is 0.235. The standard InChI is InChI=1S/C16H23FN3O10P/c1-7(2)28-10(22)8(3)19-31(26,27)30-11-15(25)14(4,24)12(29-16(11,15)17)20-6-5-9(21)18-13(20)23/h5-8,11-12,24-25H,1-4H3,(H,18,21,23)(H2,19,26,27)/t8-,11?,12+,14-,15-,16+/m0/s1. The first-order chi connectivity index (χ1) is 14.1. The van der Waals surface area contributed by atoms with Crippen molar-refractivity contribution in [2.75, 3.05) is 0 Å². The summed E-state index contributed by atoms with van der Waals surface area (Å²) in [6.07, 6.45) is -3.50. The smallest absolute Gasteiger partial charge is 0.404 e. The van der Waals surface area contributed by atoms with E-state index in [4.69, 9.17) is 14.0 Å². The third-order valence-electron chi connectivity index (χ3n) is 5.10. The Bertz CT molecular complexity index is 1060. The highest BCUT2D eigenvalue weighted by Gasteiger charge is 2.95. The molecule has 0 aromatic carbocycles. The van der Waals surface area contributed by atoms with Crippen molar-refractivity contribution in [1.29, 1.82) is 0 Å². The minimum atomic E-state index is -4.90. The molecule has 1 aromatic rings. The average Bonchev–Trinajstić information content (AvgIpc) is 3.00. The number of halogens is 1. The zero-order valence-electron chi connectivity index (χ0n) is 16.9. The predicted molar refractivity (Wildman–Crippen MR) is 99.4 cm³/mol. The maximum absolute atomic E-state index is 15.3.